The SMILES string of the molecule is CN(CC(C)(C)O)c1ccc(F)c(Cl)c1. The van der Waals surface area contributed by atoms with Gasteiger partial charge in [0.15, 0.2) is 0 Å². The summed E-state index contributed by atoms with van der Waals surface area (Å²) in [5.74, 6) is -0.433. The lowest BCUT2D eigenvalue weighted by Crippen LogP contribution is -2.36. The highest BCUT2D eigenvalue weighted by Crippen LogP contribution is 2.22. The minimum absolute atomic E-state index is 0.0927. The standard InChI is InChI=1S/C11H15ClFNO/c1-11(2,15)7-14(3)8-4-5-10(13)9(12)6-8/h4-6,15H,7H2,1-3H3. The monoisotopic (exact) mass is 231 g/mol. The zero-order chi connectivity index (χ0) is 11.6. The van der Waals surface area contributed by atoms with Gasteiger partial charge in [-0.05, 0) is 32.0 Å². The van der Waals surface area contributed by atoms with E-state index < -0.39 is 11.4 Å². The van der Waals surface area contributed by atoms with E-state index in [0.29, 0.717) is 6.54 Å². The number of hydrogen-bond donors (Lipinski definition) is 1. The summed E-state index contributed by atoms with van der Waals surface area (Å²) in [6.07, 6.45) is 0. The van der Waals surface area contributed by atoms with Crippen molar-refractivity contribution in [2.45, 2.75) is 19.4 Å². The summed E-state index contributed by atoms with van der Waals surface area (Å²) in [5.41, 5.74) is -0.0150. The van der Waals surface area contributed by atoms with Gasteiger partial charge in [-0.3, -0.25) is 0 Å². The summed E-state index contributed by atoms with van der Waals surface area (Å²) >= 11 is 5.66. The first-order chi connectivity index (χ1) is 6.79. The van der Waals surface area contributed by atoms with Crippen LogP contribution in [0.3, 0.4) is 0 Å². The highest BCUT2D eigenvalue weighted by molar-refractivity contribution is 6.31. The van der Waals surface area contributed by atoms with E-state index in [0.717, 1.165) is 5.69 Å². The zero-order valence-corrected chi connectivity index (χ0v) is 9.85. The molecule has 0 aliphatic rings. The first-order valence-electron chi connectivity index (χ1n) is 4.68. The van der Waals surface area contributed by atoms with Crippen LogP contribution in [0.2, 0.25) is 5.02 Å². The van der Waals surface area contributed by atoms with Crippen molar-refractivity contribution in [2.75, 3.05) is 18.5 Å². The summed E-state index contributed by atoms with van der Waals surface area (Å²) in [6.45, 7) is 3.89. The molecule has 1 rings (SSSR count). The average Bonchev–Trinajstić information content (AvgIpc) is 2.06. The predicted octanol–water partition coefficient (Wildman–Crippen LogP) is 2.69. The third-order valence-electron chi connectivity index (χ3n) is 1.97. The summed E-state index contributed by atoms with van der Waals surface area (Å²) in [7, 11) is 1.82. The maximum absolute atomic E-state index is 12.9. The lowest BCUT2D eigenvalue weighted by Gasteiger charge is -2.27. The van der Waals surface area contributed by atoms with E-state index in [1.54, 1.807) is 26.0 Å². The Morgan fingerprint density at radius 2 is 2.07 bits per heavy atom. The van der Waals surface area contributed by atoms with Crippen molar-refractivity contribution in [1.29, 1.82) is 0 Å². The quantitative estimate of drug-likeness (QED) is 0.865. The maximum Gasteiger partial charge on any atom is 0.141 e. The maximum atomic E-state index is 12.9. The Bertz CT molecular complexity index is 349. The van der Waals surface area contributed by atoms with Crippen LogP contribution in [0.5, 0.6) is 0 Å². The molecule has 1 N–H and O–H groups in total. The van der Waals surface area contributed by atoms with Crippen molar-refractivity contribution in [1.82, 2.24) is 0 Å². The minimum Gasteiger partial charge on any atom is -0.389 e. The number of nitrogens with zero attached hydrogens (tertiary/aromatic N) is 1. The zero-order valence-electron chi connectivity index (χ0n) is 9.09. The van der Waals surface area contributed by atoms with Gasteiger partial charge in [-0.15, -0.1) is 0 Å². The molecule has 0 radical (unpaired) electrons. The van der Waals surface area contributed by atoms with E-state index in [-0.39, 0.29) is 5.02 Å². The van der Waals surface area contributed by atoms with Gasteiger partial charge in [0.1, 0.15) is 5.82 Å². The normalized spacial score (nSPS) is 11.6. The van der Waals surface area contributed by atoms with Gasteiger partial charge in [0.25, 0.3) is 0 Å². The van der Waals surface area contributed by atoms with Crippen molar-refractivity contribution in [3.63, 3.8) is 0 Å². The van der Waals surface area contributed by atoms with E-state index in [1.165, 1.54) is 6.07 Å². The third-order valence-corrected chi connectivity index (χ3v) is 2.26. The molecule has 1 aromatic rings. The first-order valence-corrected chi connectivity index (χ1v) is 5.06. The highest BCUT2D eigenvalue weighted by atomic mass is 35.5. The fraction of sp³-hybridized carbons (Fsp3) is 0.455. The summed E-state index contributed by atoms with van der Waals surface area (Å²) in [5, 5.41) is 9.72. The highest BCUT2D eigenvalue weighted by Gasteiger charge is 2.16. The Kier molecular flexibility index (Phi) is 3.58. The van der Waals surface area contributed by atoms with Crippen molar-refractivity contribution in [2.24, 2.45) is 0 Å². The van der Waals surface area contributed by atoms with Crippen LogP contribution in [0.25, 0.3) is 0 Å². The van der Waals surface area contributed by atoms with E-state index in [1.807, 2.05) is 11.9 Å². The van der Waals surface area contributed by atoms with Gasteiger partial charge in [-0.25, -0.2) is 4.39 Å². The molecule has 15 heavy (non-hydrogen) atoms. The van der Waals surface area contributed by atoms with E-state index in [9.17, 15) is 9.50 Å². The largest absolute Gasteiger partial charge is 0.389 e. The second-order valence-corrected chi connectivity index (χ2v) is 4.67. The van der Waals surface area contributed by atoms with Crippen LogP contribution in [0.4, 0.5) is 10.1 Å². The van der Waals surface area contributed by atoms with Gasteiger partial charge >= 0.3 is 0 Å². The summed E-state index contributed by atoms with van der Waals surface area (Å²) < 4.78 is 12.9. The van der Waals surface area contributed by atoms with E-state index in [2.05, 4.69) is 0 Å². The second kappa shape index (κ2) is 4.37. The van der Waals surface area contributed by atoms with Gasteiger partial charge in [-0.2, -0.15) is 0 Å². The molecule has 0 bridgehead atoms. The molecule has 84 valence electrons. The number of benzene rings is 1. The molecule has 0 amide bonds. The number of anilines is 1. The van der Waals surface area contributed by atoms with E-state index >= 15 is 0 Å². The molecular weight excluding hydrogens is 217 g/mol. The smallest absolute Gasteiger partial charge is 0.141 e. The van der Waals surface area contributed by atoms with Crippen LogP contribution < -0.4 is 4.90 Å². The Morgan fingerprint density at radius 1 is 1.47 bits per heavy atom. The molecule has 0 aromatic heterocycles. The number of likely N-dealkylation sites (N-methyl/N-ethyl adjacent to an activating group) is 1. The summed E-state index contributed by atoms with van der Waals surface area (Å²) in [6, 6.07) is 4.49. The molecule has 0 fully saturated rings. The average molecular weight is 232 g/mol. The molecule has 1 aromatic carbocycles. The third kappa shape index (κ3) is 3.68. The van der Waals surface area contributed by atoms with Crippen molar-refractivity contribution in [3.8, 4) is 0 Å². The minimum atomic E-state index is -0.796. The van der Waals surface area contributed by atoms with Crippen molar-refractivity contribution >= 4 is 17.3 Å². The van der Waals surface area contributed by atoms with Gasteiger partial charge < -0.3 is 10.0 Å². The Hall–Kier alpha value is -0.800. The van der Waals surface area contributed by atoms with Gasteiger partial charge in [0.05, 0.1) is 10.6 Å². The molecule has 0 heterocycles. The fourth-order valence-electron chi connectivity index (χ4n) is 1.39. The first kappa shape index (κ1) is 12.3. The van der Waals surface area contributed by atoms with Gasteiger partial charge in [0.2, 0.25) is 0 Å². The molecule has 0 atom stereocenters. The molecule has 0 unspecified atom stereocenters. The second-order valence-electron chi connectivity index (χ2n) is 4.27. The molecule has 0 aliphatic heterocycles. The molecule has 0 saturated carbocycles. The molecule has 4 heteroatoms. The number of halogens is 2. The van der Waals surface area contributed by atoms with Crippen LogP contribution in [-0.2, 0) is 0 Å². The van der Waals surface area contributed by atoms with Crippen LogP contribution in [0.15, 0.2) is 18.2 Å². The van der Waals surface area contributed by atoms with Crippen LogP contribution in [0, 0.1) is 5.82 Å². The topological polar surface area (TPSA) is 23.5 Å². The Labute approximate surface area is 94.3 Å². The molecule has 0 saturated heterocycles. The number of rotatable bonds is 3. The fourth-order valence-corrected chi connectivity index (χ4v) is 1.57. The lowest BCUT2D eigenvalue weighted by molar-refractivity contribution is 0.0886. The molecule has 2 nitrogen and oxygen atoms in total. The van der Waals surface area contributed by atoms with Crippen molar-refractivity contribution in [3.05, 3.63) is 29.0 Å². The van der Waals surface area contributed by atoms with E-state index in [4.69, 9.17) is 11.6 Å². The van der Waals surface area contributed by atoms with Crippen LogP contribution >= 0.6 is 11.6 Å². The molecule has 0 aliphatic carbocycles. The Balaban J connectivity index is 2.83. The number of hydrogen-bond acceptors (Lipinski definition) is 2. The Morgan fingerprint density at radius 3 is 2.53 bits per heavy atom. The molecular formula is C11H15ClFNO. The molecule has 0 spiro atoms. The number of aliphatic hydroxyl groups is 1. The summed E-state index contributed by atoms with van der Waals surface area (Å²) in [4.78, 5) is 1.82. The van der Waals surface area contributed by atoms with Crippen molar-refractivity contribution < 1.29 is 9.50 Å². The van der Waals surface area contributed by atoms with Gasteiger partial charge in [-0.1, -0.05) is 11.6 Å². The van der Waals surface area contributed by atoms with Crippen LogP contribution in [0.1, 0.15) is 13.8 Å². The van der Waals surface area contributed by atoms with Crippen LogP contribution in [-0.4, -0.2) is 24.3 Å². The lowest BCUT2D eigenvalue weighted by atomic mass is 10.1. The predicted molar refractivity (Wildman–Crippen MR) is 61.0 cm³/mol. The van der Waals surface area contributed by atoms with Gasteiger partial charge in [0, 0.05) is 19.3 Å².